The summed E-state index contributed by atoms with van der Waals surface area (Å²) < 4.78 is 79.8. The second kappa shape index (κ2) is 4.14. The summed E-state index contributed by atoms with van der Waals surface area (Å²) in [6.45, 7) is 2.57. The highest BCUT2D eigenvalue weighted by Gasteiger charge is 2.81. The molecule has 0 aromatic heterocycles. The number of fused-ring (bicyclic) bond motifs is 2. The van der Waals surface area contributed by atoms with Crippen LogP contribution in [0.2, 0.25) is 0 Å². The third kappa shape index (κ3) is 1.69. The molecule has 1 aliphatic heterocycles. The number of likely N-dealkylation sites (tertiary alicyclic amines) is 1. The van der Waals surface area contributed by atoms with Crippen LogP contribution in [0.25, 0.3) is 0 Å². The minimum Gasteiger partial charge on any atom is -0.313 e. The maximum absolute atomic E-state index is 13.3. The van der Waals surface area contributed by atoms with Crippen LogP contribution in [-0.4, -0.2) is 34.7 Å². The van der Waals surface area contributed by atoms with Crippen molar-refractivity contribution in [3.05, 3.63) is 12.2 Å². The number of amides is 1. The molecule has 2 bridgehead atoms. The summed E-state index contributed by atoms with van der Waals surface area (Å²) >= 11 is 0. The van der Waals surface area contributed by atoms with Crippen molar-refractivity contribution in [3.8, 4) is 0 Å². The van der Waals surface area contributed by atoms with Crippen molar-refractivity contribution in [2.24, 2.45) is 11.8 Å². The Balaban J connectivity index is 2.65. The number of hydrogen-bond donors (Lipinski definition) is 0. The molecule has 0 spiro atoms. The fraction of sp³-hybridized carbons (Fsp3) is 0.750. The highest BCUT2D eigenvalue weighted by Crippen LogP contribution is 2.60. The third-order valence-electron chi connectivity index (χ3n) is 3.90. The highest BCUT2D eigenvalue weighted by atomic mass is 19.4. The summed E-state index contributed by atoms with van der Waals surface area (Å²) in [5.74, 6) is -3.83. The fourth-order valence-corrected chi connectivity index (χ4v) is 3.09. The first-order valence-corrected chi connectivity index (χ1v) is 6.09. The van der Waals surface area contributed by atoms with Gasteiger partial charge in [-0.25, -0.2) is 0 Å². The monoisotopic (exact) mass is 301 g/mol. The maximum atomic E-state index is 13.3. The minimum atomic E-state index is -5.57. The van der Waals surface area contributed by atoms with Gasteiger partial charge in [-0.1, -0.05) is 26.0 Å². The molecule has 1 fully saturated rings. The molecule has 114 valence electrons. The lowest BCUT2D eigenvalue weighted by Crippen LogP contribution is -2.71. The van der Waals surface area contributed by atoms with Crippen LogP contribution in [0.3, 0.4) is 0 Å². The van der Waals surface area contributed by atoms with Crippen LogP contribution in [0.5, 0.6) is 0 Å². The Kier molecular flexibility index (Phi) is 3.15. The molecule has 0 saturated carbocycles. The van der Waals surface area contributed by atoms with Gasteiger partial charge in [0.05, 0.1) is 6.04 Å². The van der Waals surface area contributed by atoms with Crippen molar-refractivity contribution in [3.63, 3.8) is 0 Å². The number of hydrogen-bond acceptors (Lipinski definition) is 1. The Hall–Kier alpha value is -1.21. The smallest absolute Gasteiger partial charge is 0.313 e. The number of carbonyl (C=O) groups excluding carboxylic acids is 1. The van der Waals surface area contributed by atoms with E-state index in [9.17, 15) is 31.1 Å². The molecule has 8 heteroatoms. The summed E-state index contributed by atoms with van der Waals surface area (Å²) in [6.07, 6.45) is -9.30. The summed E-state index contributed by atoms with van der Waals surface area (Å²) in [5.41, 5.74) is -4.10. The van der Waals surface area contributed by atoms with Crippen LogP contribution >= 0.6 is 0 Å². The van der Waals surface area contributed by atoms with E-state index in [1.807, 2.05) is 0 Å². The molecule has 20 heavy (non-hydrogen) atoms. The molecule has 0 aromatic carbocycles. The van der Waals surface area contributed by atoms with Gasteiger partial charge in [0.2, 0.25) is 11.4 Å². The SMILES string of the molecule is CC(C)C(=O)N1[C@H]2C=C[C@@H](C2)C1(C(F)(F)F)C(F)(F)F. The Morgan fingerprint density at radius 2 is 1.65 bits per heavy atom. The minimum absolute atomic E-state index is 0.00231. The van der Waals surface area contributed by atoms with Crippen molar-refractivity contribution in [2.45, 2.75) is 44.2 Å². The summed E-state index contributed by atoms with van der Waals surface area (Å²) in [5, 5.41) is 0. The number of alkyl halides is 6. The van der Waals surface area contributed by atoms with Crippen LogP contribution in [0, 0.1) is 11.8 Å². The molecule has 1 amide bonds. The fourth-order valence-electron chi connectivity index (χ4n) is 3.09. The average molecular weight is 301 g/mol. The van der Waals surface area contributed by atoms with Gasteiger partial charge in [-0.15, -0.1) is 0 Å². The van der Waals surface area contributed by atoms with E-state index in [0.717, 1.165) is 6.08 Å². The van der Waals surface area contributed by atoms with Crippen molar-refractivity contribution in [2.75, 3.05) is 0 Å². The van der Waals surface area contributed by atoms with E-state index in [1.165, 1.54) is 19.9 Å². The van der Waals surface area contributed by atoms with Crippen LogP contribution in [0.1, 0.15) is 20.3 Å². The lowest BCUT2D eigenvalue weighted by molar-refractivity contribution is -0.339. The molecule has 0 aromatic rings. The maximum Gasteiger partial charge on any atom is 0.421 e. The molecule has 2 aliphatic rings. The first-order chi connectivity index (χ1) is 8.94. The Bertz CT molecular complexity index is 436. The molecule has 0 N–H and O–H groups in total. The highest BCUT2D eigenvalue weighted by molar-refractivity contribution is 5.81. The molecular formula is C12H13F6NO. The van der Waals surface area contributed by atoms with Gasteiger partial charge in [-0.2, -0.15) is 26.3 Å². The second-order valence-electron chi connectivity index (χ2n) is 5.42. The van der Waals surface area contributed by atoms with Crippen LogP contribution in [-0.2, 0) is 4.79 Å². The summed E-state index contributed by atoms with van der Waals surface area (Å²) in [4.78, 5) is 11.9. The predicted octanol–water partition coefficient (Wildman–Crippen LogP) is 3.29. The molecule has 2 nitrogen and oxygen atoms in total. The van der Waals surface area contributed by atoms with Gasteiger partial charge < -0.3 is 4.90 Å². The zero-order chi connectivity index (χ0) is 15.5. The zero-order valence-electron chi connectivity index (χ0n) is 10.7. The molecule has 2 rings (SSSR count). The molecular weight excluding hydrogens is 288 g/mol. The molecule has 1 saturated heterocycles. The summed E-state index contributed by atoms with van der Waals surface area (Å²) in [6, 6.07) is -1.14. The van der Waals surface area contributed by atoms with E-state index in [1.54, 1.807) is 0 Å². The normalized spacial score (nSPS) is 28.6. The predicted molar refractivity (Wildman–Crippen MR) is 57.6 cm³/mol. The van der Waals surface area contributed by atoms with Crippen LogP contribution in [0.4, 0.5) is 26.3 Å². The molecule has 0 radical (unpaired) electrons. The van der Waals surface area contributed by atoms with Gasteiger partial charge in [0.25, 0.3) is 0 Å². The van der Waals surface area contributed by atoms with Crippen LogP contribution in [0.15, 0.2) is 12.2 Å². The van der Waals surface area contributed by atoms with E-state index in [-0.39, 0.29) is 11.3 Å². The first kappa shape index (κ1) is 15.2. The van der Waals surface area contributed by atoms with Crippen molar-refractivity contribution >= 4 is 5.91 Å². The topological polar surface area (TPSA) is 20.3 Å². The quantitative estimate of drug-likeness (QED) is 0.537. The van der Waals surface area contributed by atoms with E-state index in [4.69, 9.17) is 0 Å². The van der Waals surface area contributed by atoms with Crippen LogP contribution < -0.4 is 0 Å². The summed E-state index contributed by atoms with van der Waals surface area (Å²) in [7, 11) is 0. The Morgan fingerprint density at radius 3 is 2.05 bits per heavy atom. The van der Waals surface area contributed by atoms with Gasteiger partial charge in [0, 0.05) is 11.8 Å². The van der Waals surface area contributed by atoms with Gasteiger partial charge in [-0.05, 0) is 6.42 Å². The standard InChI is InChI=1S/C12H13F6NO/c1-6(2)9(20)19-8-4-3-7(5-8)10(19,11(13,14)15)12(16,17)18/h3-4,6-8H,5H2,1-2H3/t7-,8-/m0/s1. The Morgan fingerprint density at radius 1 is 1.15 bits per heavy atom. The van der Waals surface area contributed by atoms with Gasteiger partial charge >= 0.3 is 12.4 Å². The van der Waals surface area contributed by atoms with E-state index < -0.39 is 41.7 Å². The molecule has 0 unspecified atom stereocenters. The van der Waals surface area contributed by atoms with Gasteiger partial charge in [-0.3, -0.25) is 4.79 Å². The largest absolute Gasteiger partial charge is 0.421 e. The number of halogens is 6. The number of carbonyl (C=O) groups is 1. The Labute approximate surface area is 111 Å². The lowest BCUT2D eigenvalue weighted by Gasteiger charge is -2.46. The van der Waals surface area contributed by atoms with Gasteiger partial charge in [0.15, 0.2) is 0 Å². The molecule has 1 heterocycles. The van der Waals surface area contributed by atoms with Crippen molar-refractivity contribution < 1.29 is 31.1 Å². The van der Waals surface area contributed by atoms with Crippen molar-refractivity contribution in [1.29, 1.82) is 0 Å². The number of nitrogens with zero attached hydrogens (tertiary/aromatic N) is 1. The van der Waals surface area contributed by atoms with E-state index in [2.05, 4.69) is 0 Å². The lowest BCUT2D eigenvalue weighted by atomic mass is 9.82. The van der Waals surface area contributed by atoms with Gasteiger partial charge in [0.1, 0.15) is 0 Å². The first-order valence-electron chi connectivity index (χ1n) is 6.09. The average Bonchev–Trinajstić information content (AvgIpc) is 2.82. The third-order valence-corrected chi connectivity index (χ3v) is 3.90. The zero-order valence-corrected chi connectivity index (χ0v) is 10.7. The van der Waals surface area contributed by atoms with E-state index >= 15 is 0 Å². The molecule has 1 aliphatic carbocycles. The molecule has 2 atom stereocenters. The number of rotatable bonds is 1. The second-order valence-corrected chi connectivity index (χ2v) is 5.42. The van der Waals surface area contributed by atoms with E-state index in [0.29, 0.717) is 0 Å². The van der Waals surface area contributed by atoms with Crippen molar-refractivity contribution in [1.82, 2.24) is 4.90 Å².